The third kappa shape index (κ3) is 2.76. The van der Waals surface area contributed by atoms with E-state index in [2.05, 4.69) is 20.9 Å². The predicted octanol–water partition coefficient (Wildman–Crippen LogP) is 0.769. The lowest BCUT2D eigenvalue weighted by Gasteiger charge is -2.23. The Morgan fingerprint density at radius 2 is 2.10 bits per heavy atom. The second-order valence-electron chi connectivity index (χ2n) is 5.87. The van der Waals surface area contributed by atoms with E-state index in [-0.39, 0.29) is 23.1 Å². The number of carbonyl (C=O) groups is 2. The maximum Gasteiger partial charge on any atom is 0.269 e. The number of pyridine rings is 1. The molecule has 1 aliphatic carbocycles. The predicted molar refractivity (Wildman–Crippen MR) is 78.9 cm³/mol. The molecule has 3 rings (SSSR count). The second kappa shape index (κ2) is 5.44. The van der Waals surface area contributed by atoms with Crippen LogP contribution in [0.3, 0.4) is 0 Å². The largest absolute Gasteiger partial charge is 0.354 e. The number of nitrogens with one attached hydrogen (secondary N) is 3. The van der Waals surface area contributed by atoms with Crippen molar-refractivity contribution < 1.29 is 9.59 Å². The van der Waals surface area contributed by atoms with E-state index in [1.54, 1.807) is 19.2 Å². The van der Waals surface area contributed by atoms with Gasteiger partial charge in [-0.1, -0.05) is 0 Å². The molecule has 1 saturated heterocycles. The van der Waals surface area contributed by atoms with Gasteiger partial charge < -0.3 is 16.0 Å². The molecule has 2 aliphatic rings. The van der Waals surface area contributed by atoms with Crippen LogP contribution in [0.15, 0.2) is 18.3 Å². The number of rotatable bonds is 3. The van der Waals surface area contributed by atoms with Crippen LogP contribution in [0.1, 0.15) is 29.8 Å². The lowest BCUT2D eigenvalue weighted by atomic mass is 9.92. The van der Waals surface area contributed by atoms with Gasteiger partial charge in [0.05, 0.1) is 11.9 Å². The first kappa shape index (κ1) is 14.0. The topological polar surface area (TPSA) is 83.1 Å². The molecule has 6 heteroatoms. The zero-order valence-electron chi connectivity index (χ0n) is 12.1. The number of hydrogen-bond donors (Lipinski definition) is 3. The molecule has 3 N–H and O–H groups in total. The van der Waals surface area contributed by atoms with Crippen molar-refractivity contribution in [1.29, 1.82) is 0 Å². The highest BCUT2D eigenvalue weighted by Gasteiger charge is 2.57. The van der Waals surface area contributed by atoms with E-state index in [1.807, 2.05) is 0 Å². The Morgan fingerprint density at radius 1 is 1.33 bits per heavy atom. The van der Waals surface area contributed by atoms with Gasteiger partial charge in [0, 0.05) is 13.0 Å². The molecule has 1 saturated carbocycles. The summed E-state index contributed by atoms with van der Waals surface area (Å²) in [6, 6.07) is 3.33. The van der Waals surface area contributed by atoms with Crippen LogP contribution in [0.25, 0.3) is 0 Å². The van der Waals surface area contributed by atoms with E-state index in [4.69, 9.17) is 0 Å². The Bertz CT molecular complexity index is 549. The van der Waals surface area contributed by atoms with Crippen LogP contribution >= 0.6 is 0 Å². The van der Waals surface area contributed by atoms with Gasteiger partial charge in [0.1, 0.15) is 5.69 Å². The van der Waals surface area contributed by atoms with Gasteiger partial charge in [0.25, 0.3) is 5.91 Å². The Kier molecular flexibility index (Phi) is 3.63. The molecule has 2 fully saturated rings. The summed E-state index contributed by atoms with van der Waals surface area (Å²) >= 11 is 0. The Balaban J connectivity index is 1.59. The molecule has 1 aliphatic heterocycles. The van der Waals surface area contributed by atoms with Gasteiger partial charge in [-0.3, -0.25) is 9.59 Å². The third-order valence-corrected chi connectivity index (χ3v) is 4.60. The molecule has 0 aromatic carbocycles. The normalized spacial score (nSPS) is 22.6. The maximum absolute atomic E-state index is 12.3. The highest BCUT2D eigenvalue weighted by Crippen LogP contribution is 2.58. The highest BCUT2D eigenvalue weighted by molar-refractivity contribution is 5.96. The van der Waals surface area contributed by atoms with Gasteiger partial charge in [-0.15, -0.1) is 0 Å². The lowest BCUT2D eigenvalue weighted by molar-refractivity contribution is -0.118. The third-order valence-electron chi connectivity index (χ3n) is 4.60. The fourth-order valence-electron chi connectivity index (χ4n) is 3.16. The van der Waals surface area contributed by atoms with Crippen molar-refractivity contribution in [3.05, 3.63) is 24.0 Å². The maximum atomic E-state index is 12.3. The average molecular weight is 288 g/mol. The molecular weight excluding hydrogens is 268 g/mol. The molecule has 0 radical (unpaired) electrons. The van der Waals surface area contributed by atoms with Crippen molar-refractivity contribution in [2.24, 2.45) is 11.3 Å². The first-order valence-corrected chi connectivity index (χ1v) is 7.34. The van der Waals surface area contributed by atoms with Gasteiger partial charge in [0.15, 0.2) is 0 Å². The molecular formula is C15H20N4O2. The zero-order chi connectivity index (χ0) is 14.9. The smallest absolute Gasteiger partial charge is 0.269 e. The van der Waals surface area contributed by atoms with Gasteiger partial charge in [0.2, 0.25) is 5.91 Å². The van der Waals surface area contributed by atoms with Gasteiger partial charge in [-0.2, -0.15) is 0 Å². The number of aromatic nitrogens is 1. The molecule has 2 amide bonds. The van der Waals surface area contributed by atoms with E-state index in [1.165, 1.54) is 6.20 Å². The van der Waals surface area contributed by atoms with Crippen molar-refractivity contribution in [3.63, 3.8) is 0 Å². The van der Waals surface area contributed by atoms with Crippen LogP contribution in [-0.4, -0.2) is 36.9 Å². The Hall–Kier alpha value is -1.95. The summed E-state index contributed by atoms with van der Waals surface area (Å²) in [5, 5.41) is 8.75. The molecule has 1 aromatic rings. The summed E-state index contributed by atoms with van der Waals surface area (Å²) in [5.74, 6) is -0.0339. The molecule has 1 atom stereocenters. The highest BCUT2D eigenvalue weighted by atomic mass is 16.2. The molecule has 1 aromatic heterocycles. The summed E-state index contributed by atoms with van der Waals surface area (Å²) in [5.41, 5.74) is 1.21. The first-order chi connectivity index (χ1) is 10.1. The van der Waals surface area contributed by atoms with Crippen molar-refractivity contribution >= 4 is 17.5 Å². The quantitative estimate of drug-likeness (QED) is 0.767. The number of nitrogens with zero attached hydrogens (tertiary/aromatic N) is 1. The van der Waals surface area contributed by atoms with Crippen LogP contribution in [0, 0.1) is 11.3 Å². The number of piperidine rings is 1. The van der Waals surface area contributed by atoms with Crippen LogP contribution in [-0.2, 0) is 4.79 Å². The average Bonchev–Trinajstić information content (AvgIpc) is 3.21. The van der Waals surface area contributed by atoms with Crippen molar-refractivity contribution in [3.8, 4) is 0 Å². The molecule has 2 heterocycles. The van der Waals surface area contributed by atoms with Crippen LogP contribution < -0.4 is 16.0 Å². The van der Waals surface area contributed by atoms with Crippen molar-refractivity contribution in [1.82, 2.24) is 15.6 Å². The standard InChI is InChI=1S/C15H20N4O2/c1-16-14(21)12-3-2-10(9-18-12)19-13(20)11-8-15(11)4-6-17-7-5-15/h2-3,9,11,17H,4-8H2,1H3,(H,16,21)(H,19,20). The fourth-order valence-corrected chi connectivity index (χ4v) is 3.16. The van der Waals surface area contributed by atoms with Crippen molar-refractivity contribution in [2.75, 3.05) is 25.5 Å². The lowest BCUT2D eigenvalue weighted by Crippen LogP contribution is -2.31. The molecule has 0 bridgehead atoms. The number of carbonyl (C=O) groups excluding carboxylic acids is 2. The summed E-state index contributed by atoms with van der Waals surface area (Å²) in [6.45, 7) is 2.01. The first-order valence-electron chi connectivity index (χ1n) is 7.34. The minimum Gasteiger partial charge on any atom is -0.354 e. The number of amides is 2. The minimum absolute atomic E-state index is 0.0754. The fraction of sp³-hybridized carbons (Fsp3) is 0.533. The number of hydrogen-bond acceptors (Lipinski definition) is 4. The second-order valence-corrected chi connectivity index (χ2v) is 5.87. The zero-order valence-corrected chi connectivity index (χ0v) is 12.1. The summed E-state index contributed by atoms with van der Waals surface area (Å²) in [7, 11) is 1.56. The minimum atomic E-state index is -0.233. The van der Waals surface area contributed by atoms with Crippen LogP contribution in [0.2, 0.25) is 0 Å². The Labute approximate surface area is 123 Å². The molecule has 112 valence electrons. The molecule has 1 spiro atoms. The van der Waals surface area contributed by atoms with Gasteiger partial charge >= 0.3 is 0 Å². The van der Waals surface area contributed by atoms with Gasteiger partial charge in [-0.25, -0.2) is 4.98 Å². The summed E-state index contributed by atoms with van der Waals surface area (Å²) in [6.07, 6.45) is 4.68. The molecule has 1 unspecified atom stereocenters. The monoisotopic (exact) mass is 288 g/mol. The number of anilines is 1. The SMILES string of the molecule is CNC(=O)c1ccc(NC(=O)C2CC23CCNCC3)cn1. The van der Waals surface area contributed by atoms with Gasteiger partial charge in [-0.05, 0) is 49.9 Å². The molecule has 21 heavy (non-hydrogen) atoms. The van der Waals surface area contributed by atoms with E-state index in [0.717, 1.165) is 32.4 Å². The van der Waals surface area contributed by atoms with E-state index >= 15 is 0 Å². The van der Waals surface area contributed by atoms with Crippen LogP contribution in [0.4, 0.5) is 5.69 Å². The van der Waals surface area contributed by atoms with E-state index < -0.39 is 0 Å². The van der Waals surface area contributed by atoms with E-state index in [0.29, 0.717) is 11.4 Å². The molecule has 6 nitrogen and oxygen atoms in total. The van der Waals surface area contributed by atoms with Crippen LogP contribution in [0.5, 0.6) is 0 Å². The Morgan fingerprint density at radius 3 is 2.71 bits per heavy atom. The summed E-state index contributed by atoms with van der Waals surface area (Å²) < 4.78 is 0. The summed E-state index contributed by atoms with van der Waals surface area (Å²) in [4.78, 5) is 27.7. The van der Waals surface area contributed by atoms with E-state index in [9.17, 15) is 9.59 Å². The van der Waals surface area contributed by atoms with Crippen molar-refractivity contribution in [2.45, 2.75) is 19.3 Å².